The lowest BCUT2D eigenvalue weighted by atomic mass is 10.1. The number of hydrogen-bond acceptors (Lipinski definition) is 4. The van der Waals surface area contributed by atoms with Crippen LogP contribution in [-0.2, 0) is 6.54 Å². The van der Waals surface area contributed by atoms with Gasteiger partial charge in [0, 0.05) is 12.7 Å². The van der Waals surface area contributed by atoms with Crippen LogP contribution in [-0.4, -0.2) is 26.4 Å². The predicted octanol–water partition coefficient (Wildman–Crippen LogP) is 4.58. The summed E-state index contributed by atoms with van der Waals surface area (Å²) in [4.78, 5) is 31.3. The summed E-state index contributed by atoms with van der Waals surface area (Å²) >= 11 is 0. The maximum Gasteiger partial charge on any atom is 0.267 e. The molecule has 7 heteroatoms. The molecule has 3 heterocycles. The number of nitrogens with one attached hydrogen (secondary N) is 2. The summed E-state index contributed by atoms with van der Waals surface area (Å²) in [5.41, 5.74) is 2.77. The third-order valence-corrected chi connectivity index (χ3v) is 6.38. The Hall–Kier alpha value is -3.74. The van der Waals surface area contributed by atoms with Crippen LogP contribution in [0.25, 0.3) is 16.7 Å². The second kappa shape index (κ2) is 11.1. The zero-order valence-corrected chi connectivity index (χ0v) is 20.5. The molecule has 0 unspecified atom stereocenters. The van der Waals surface area contributed by atoms with Gasteiger partial charge in [-0.2, -0.15) is 0 Å². The highest BCUT2D eigenvalue weighted by Gasteiger charge is 2.18. The zero-order chi connectivity index (χ0) is 24.8. The lowest BCUT2D eigenvalue weighted by molar-refractivity contribution is 0.0950. The molecule has 0 saturated carbocycles. The Bertz CT molecular complexity index is 1450. The van der Waals surface area contributed by atoms with E-state index in [0.717, 1.165) is 30.4 Å². The average Bonchev–Trinajstić information content (AvgIpc) is 2.86. The third kappa shape index (κ3) is 5.34. The summed E-state index contributed by atoms with van der Waals surface area (Å²) in [7, 11) is 0. The summed E-state index contributed by atoms with van der Waals surface area (Å²) in [5.74, 6) is -0.332. The smallest absolute Gasteiger partial charge is 0.267 e. The molecule has 2 N–H and O–H groups in total. The van der Waals surface area contributed by atoms with E-state index in [0.29, 0.717) is 29.8 Å². The third-order valence-electron chi connectivity index (χ3n) is 6.38. The van der Waals surface area contributed by atoms with Crippen LogP contribution in [0.4, 0.5) is 0 Å². The number of aromatic nitrogens is 3. The number of hydrogen-bond donors (Lipinski definition) is 2. The van der Waals surface area contributed by atoms with E-state index in [9.17, 15) is 9.59 Å². The van der Waals surface area contributed by atoms with Gasteiger partial charge in [0.15, 0.2) is 0 Å². The van der Waals surface area contributed by atoms with Gasteiger partial charge in [-0.1, -0.05) is 75.4 Å². The van der Waals surface area contributed by atoms with Crippen LogP contribution in [0.1, 0.15) is 66.9 Å². The first-order chi connectivity index (χ1) is 17.0. The summed E-state index contributed by atoms with van der Waals surface area (Å²) in [6.07, 6.45) is 8.48. The number of pyridine rings is 2. The standard InChI is InChI=1S/C28H33N5O2/c1-3-4-5-6-7-11-16-30-27(34)22-18-23-26(31-25-20(2)13-12-17-32(25)28(23)35)33(24(22)29)19-21-14-9-8-10-15-21/h8-10,12-15,17-18,29H,3-7,11,16,19H2,1-2H3,(H,30,34). The molecule has 0 saturated heterocycles. The first-order valence-electron chi connectivity index (χ1n) is 12.4. The van der Waals surface area contributed by atoms with E-state index in [4.69, 9.17) is 10.4 Å². The minimum absolute atomic E-state index is 0.0478. The number of benzene rings is 1. The molecule has 3 aromatic heterocycles. The van der Waals surface area contributed by atoms with Gasteiger partial charge in [-0.3, -0.25) is 19.4 Å². The van der Waals surface area contributed by atoms with Gasteiger partial charge in [-0.05, 0) is 36.6 Å². The molecule has 0 fully saturated rings. The van der Waals surface area contributed by atoms with Crippen LogP contribution < -0.4 is 16.4 Å². The maximum absolute atomic E-state index is 13.4. The lowest BCUT2D eigenvalue weighted by Crippen LogP contribution is -2.35. The number of amides is 1. The Kier molecular flexibility index (Phi) is 7.75. The number of unbranched alkanes of at least 4 members (excludes halogenated alkanes) is 5. The fourth-order valence-electron chi connectivity index (χ4n) is 4.39. The van der Waals surface area contributed by atoms with Gasteiger partial charge in [0.2, 0.25) is 0 Å². The molecule has 0 aliphatic carbocycles. The van der Waals surface area contributed by atoms with Gasteiger partial charge in [0.1, 0.15) is 16.8 Å². The average molecular weight is 472 g/mol. The summed E-state index contributed by atoms with van der Waals surface area (Å²) in [5, 5.41) is 12.2. The molecule has 0 aliphatic heterocycles. The number of nitrogens with zero attached hydrogens (tertiary/aromatic N) is 3. The van der Waals surface area contributed by atoms with E-state index in [1.807, 2.05) is 49.4 Å². The van der Waals surface area contributed by atoms with Crippen LogP contribution in [0, 0.1) is 12.3 Å². The van der Waals surface area contributed by atoms with Crippen LogP contribution in [0.5, 0.6) is 0 Å². The Morgan fingerprint density at radius 1 is 1.00 bits per heavy atom. The number of rotatable bonds is 10. The van der Waals surface area contributed by atoms with Crippen molar-refractivity contribution < 1.29 is 4.79 Å². The van der Waals surface area contributed by atoms with Crippen molar-refractivity contribution in [1.29, 1.82) is 5.41 Å². The molecule has 0 radical (unpaired) electrons. The van der Waals surface area contributed by atoms with Crippen molar-refractivity contribution in [3.8, 4) is 0 Å². The minimum Gasteiger partial charge on any atom is -0.352 e. The van der Waals surface area contributed by atoms with Crippen LogP contribution >= 0.6 is 0 Å². The van der Waals surface area contributed by atoms with Crippen molar-refractivity contribution in [2.75, 3.05) is 6.54 Å². The van der Waals surface area contributed by atoms with Gasteiger partial charge in [-0.15, -0.1) is 0 Å². The molecule has 0 aliphatic rings. The van der Waals surface area contributed by atoms with Gasteiger partial charge >= 0.3 is 0 Å². The van der Waals surface area contributed by atoms with Crippen molar-refractivity contribution >= 4 is 22.6 Å². The molecule has 35 heavy (non-hydrogen) atoms. The largest absolute Gasteiger partial charge is 0.352 e. The van der Waals surface area contributed by atoms with Crippen molar-refractivity contribution in [2.24, 2.45) is 0 Å². The van der Waals surface area contributed by atoms with Gasteiger partial charge in [0.05, 0.1) is 17.5 Å². The number of carbonyl (C=O) groups is 1. The van der Waals surface area contributed by atoms with Gasteiger partial charge < -0.3 is 9.88 Å². The quantitative estimate of drug-likeness (QED) is 0.262. The van der Waals surface area contributed by atoms with E-state index < -0.39 is 0 Å². The Balaban J connectivity index is 1.74. The molecule has 182 valence electrons. The highest BCUT2D eigenvalue weighted by molar-refractivity contribution is 5.96. The van der Waals surface area contributed by atoms with Crippen molar-refractivity contribution in [3.63, 3.8) is 0 Å². The number of fused-ring (bicyclic) bond motifs is 2. The summed E-state index contributed by atoms with van der Waals surface area (Å²) in [6, 6.07) is 15.0. The molecule has 0 atom stereocenters. The molecule has 1 aromatic carbocycles. The monoisotopic (exact) mass is 471 g/mol. The summed E-state index contributed by atoms with van der Waals surface area (Å²) < 4.78 is 3.17. The topological polar surface area (TPSA) is 92.2 Å². The van der Waals surface area contributed by atoms with Crippen LogP contribution in [0.15, 0.2) is 59.5 Å². The molecule has 0 bridgehead atoms. The maximum atomic E-state index is 13.4. The molecule has 4 aromatic rings. The Morgan fingerprint density at radius 3 is 2.51 bits per heavy atom. The van der Waals surface area contributed by atoms with E-state index in [1.165, 1.54) is 29.7 Å². The highest BCUT2D eigenvalue weighted by Crippen LogP contribution is 2.14. The predicted molar refractivity (Wildman–Crippen MR) is 139 cm³/mol. The molecule has 7 nitrogen and oxygen atoms in total. The zero-order valence-electron chi connectivity index (χ0n) is 20.5. The van der Waals surface area contributed by atoms with Crippen molar-refractivity contribution in [1.82, 2.24) is 19.3 Å². The second-order valence-corrected chi connectivity index (χ2v) is 9.04. The van der Waals surface area contributed by atoms with E-state index in [1.54, 1.807) is 10.8 Å². The molecular formula is C28H33N5O2. The van der Waals surface area contributed by atoms with Gasteiger partial charge in [0.25, 0.3) is 11.5 Å². The Labute approximate surface area is 205 Å². The van der Waals surface area contributed by atoms with Gasteiger partial charge in [-0.25, -0.2) is 4.98 Å². The normalized spacial score (nSPS) is 11.3. The Morgan fingerprint density at radius 2 is 1.74 bits per heavy atom. The molecule has 0 spiro atoms. The van der Waals surface area contributed by atoms with Crippen molar-refractivity contribution in [3.05, 3.63) is 87.3 Å². The lowest BCUT2D eigenvalue weighted by Gasteiger charge is -2.15. The van der Waals surface area contributed by atoms with E-state index >= 15 is 0 Å². The molecule has 4 rings (SSSR count). The van der Waals surface area contributed by atoms with E-state index in [2.05, 4.69) is 12.2 Å². The fourth-order valence-corrected chi connectivity index (χ4v) is 4.39. The fraction of sp³-hybridized carbons (Fsp3) is 0.357. The molecule has 1 amide bonds. The first kappa shape index (κ1) is 24.4. The minimum atomic E-state index is -0.332. The van der Waals surface area contributed by atoms with Crippen LogP contribution in [0.3, 0.4) is 0 Å². The van der Waals surface area contributed by atoms with Crippen LogP contribution in [0.2, 0.25) is 0 Å². The highest BCUT2D eigenvalue weighted by atomic mass is 16.1. The number of carbonyl (C=O) groups excluding carboxylic acids is 1. The summed E-state index contributed by atoms with van der Waals surface area (Å²) in [6.45, 7) is 4.98. The van der Waals surface area contributed by atoms with Crippen molar-refractivity contribution in [2.45, 2.75) is 58.9 Å². The number of aryl methyl sites for hydroxylation is 1. The van der Waals surface area contributed by atoms with E-state index in [-0.39, 0.29) is 22.5 Å². The SMILES string of the molecule is CCCCCCCCNC(=O)c1cc2c(=O)n3cccc(C)c3nc2n(Cc2ccccc2)c1=N. The second-order valence-electron chi connectivity index (χ2n) is 9.04. The molecular weight excluding hydrogens is 438 g/mol. The first-order valence-corrected chi connectivity index (χ1v) is 12.4.